The summed E-state index contributed by atoms with van der Waals surface area (Å²) in [6, 6.07) is 2.48. The second-order valence-corrected chi connectivity index (χ2v) is 7.22. The lowest BCUT2D eigenvalue weighted by Crippen LogP contribution is -2.32. The normalized spacial score (nSPS) is 19.7. The Hall–Kier alpha value is 0.580. The van der Waals surface area contributed by atoms with Gasteiger partial charge in [-0.3, -0.25) is 11.3 Å². The molecule has 0 aromatic carbocycles. The van der Waals surface area contributed by atoms with E-state index in [1.54, 1.807) is 11.3 Å². The van der Waals surface area contributed by atoms with E-state index in [9.17, 15) is 0 Å². The van der Waals surface area contributed by atoms with Crippen molar-refractivity contribution in [3.05, 3.63) is 19.2 Å². The monoisotopic (exact) mass is 352 g/mol. The van der Waals surface area contributed by atoms with Crippen molar-refractivity contribution < 1.29 is 0 Å². The molecule has 1 atom stereocenters. The largest absolute Gasteiger partial charge is 0.271 e. The van der Waals surface area contributed by atoms with Gasteiger partial charge in [-0.15, -0.1) is 11.3 Å². The van der Waals surface area contributed by atoms with Gasteiger partial charge < -0.3 is 0 Å². The Balaban J connectivity index is 2.18. The Morgan fingerprint density at radius 2 is 2.07 bits per heavy atom. The Labute approximate surface area is 111 Å². The number of thiophene rings is 1. The maximum absolute atomic E-state index is 5.67. The molecule has 1 heterocycles. The van der Waals surface area contributed by atoms with Gasteiger partial charge in [0.25, 0.3) is 0 Å². The summed E-state index contributed by atoms with van der Waals surface area (Å²) in [6.45, 7) is 0. The molecular weight excluding hydrogens is 340 g/mol. The molecule has 0 spiro atoms. The maximum atomic E-state index is 5.67. The molecule has 1 aliphatic carbocycles. The second kappa shape index (κ2) is 5.27. The molecule has 3 N–H and O–H groups in total. The van der Waals surface area contributed by atoms with Crippen LogP contribution >= 0.6 is 43.2 Å². The van der Waals surface area contributed by atoms with Gasteiger partial charge in [-0.05, 0) is 56.7 Å². The van der Waals surface area contributed by atoms with E-state index in [4.69, 9.17) is 5.84 Å². The van der Waals surface area contributed by atoms with Crippen molar-refractivity contribution in [2.75, 3.05) is 0 Å². The number of nitrogens with two attached hydrogens (primary N) is 1. The van der Waals surface area contributed by atoms with Gasteiger partial charge in [0.15, 0.2) is 0 Å². The van der Waals surface area contributed by atoms with Crippen molar-refractivity contribution in [2.24, 2.45) is 11.8 Å². The molecule has 1 fully saturated rings. The van der Waals surface area contributed by atoms with Crippen LogP contribution in [-0.4, -0.2) is 0 Å². The highest BCUT2D eigenvalue weighted by Crippen LogP contribution is 2.41. The van der Waals surface area contributed by atoms with E-state index in [1.165, 1.54) is 30.6 Å². The van der Waals surface area contributed by atoms with E-state index in [0.717, 1.165) is 8.26 Å². The van der Waals surface area contributed by atoms with E-state index in [-0.39, 0.29) is 0 Å². The summed E-state index contributed by atoms with van der Waals surface area (Å²) < 4.78 is 2.27. The average Bonchev–Trinajstić information content (AvgIpc) is 2.80. The van der Waals surface area contributed by atoms with Crippen LogP contribution < -0.4 is 11.3 Å². The standard InChI is InChI=1S/C10H14Br2N2S/c11-7-5-8(15-10(7)12)9(14-13)6-3-1-2-4-6/h5-6,9,14H,1-4,13H2. The summed E-state index contributed by atoms with van der Waals surface area (Å²) in [7, 11) is 0. The smallest absolute Gasteiger partial charge is 0.0843 e. The SMILES string of the molecule is NNC(c1cc(Br)c(Br)s1)C1CCCC1. The number of hydrogen-bond donors (Lipinski definition) is 2. The predicted molar refractivity (Wildman–Crippen MR) is 71.7 cm³/mol. The summed E-state index contributed by atoms with van der Waals surface area (Å²) in [5, 5.41) is 0. The minimum absolute atomic E-state index is 0.320. The minimum Gasteiger partial charge on any atom is -0.271 e. The van der Waals surface area contributed by atoms with E-state index in [0.29, 0.717) is 12.0 Å². The fourth-order valence-corrected chi connectivity index (χ4v) is 4.50. The van der Waals surface area contributed by atoms with Gasteiger partial charge in [-0.1, -0.05) is 12.8 Å². The van der Waals surface area contributed by atoms with Gasteiger partial charge in [-0.25, -0.2) is 0 Å². The molecule has 1 aromatic heterocycles. The summed E-state index contributed by atoms with van der Waals surface area (Å²) in [4.78, 5) is 1.32. The third-order valence-electron chi connectivity index (χ3n) is 3.02. The zero-order valence-electron chi connectivity index (χ0n) is 8.30. The highest BCUT2D eigenvalue weighted by Gasteiger charge is 2.27. The first-order chi connectivity index (χ1) is 7.22. The lowest BCUT2D eigenvalue weighted by Gasteiger charge is -2.20. The van der Waals surface area contributed by atoms with Crippen LogP contribution in [0.4, 0.5) is 0 Å². The molecule has 1 aliphatic rings. The van der Waals surface area contributed by atoms with Crippen LogP contribution in [0.25, 0.3) is 0 Å². The molecule has 2 rings (SSSR count). The lowest BCUT2D eigenvalue weighted by atomic mass is 9.97. The predicted octanol–water partition coefficient (Wildman–Crippen LogP) is 3.97. The van der Waals surface area contributed by atoms with Crippen molar-refractivity contribution in [2.45, 2.75) is 31.7 Å². The third-order valence-corrected chi connectivity index (χ3v) is 6.36. The quantitative estimate of drug-likeness (QED) is 0.637. The Morgan fingerprint density at radius 1 is 1.40 bits per heavy atom. The van der Waals surface area contributed by atoms with Crippen molar-refractivity contribution >= 4 is 43.2 Å². The second-order valence-electron chi connectivity index (χ2n) is 3.96. The summed E-state index contributed by atoms with van der Waals surface area (Å²) in [6.07, 6.45) is 5.27. The highest BCUT2D eigenvalue weighted by atomic mass is 79.9. The molecule has 5 heteroatoms. The van der Waals surface area contributed by atoms with Gasteiger partial charge in [0.05, 0.1) is 9.83 Å². The molecule has 84 valence electrons. The number of rotatable bonds is 3. The molecule has 1 unspecified atom stereocenters. The van der Waals surface area contributed by atoms with Gasteiger partial charge in [-0.2, -0.15) is 0 Å². The first-order valence-electron chi connectivity index (χ1n) is 5.13. The van der Waals surface area contributed by atoms with Crippen LogP contribution in [0.1, 0.15) is 36.6 Å². The van der Waals surface area contributed by atoms with Crippen LogP contribution in [0, 0.1) is 5.92 Å². The maximum Gasteiger partial charge on any atom is 0.0843 e. The van der Waals surface area contributed by atoms with Gasteiger partial charge >= 0.3 is 0 Å². The Morgan fingerprint density at radius 3 is 2.53 bits per heavy atom. The molecule has 1 aromatic rings. The highest BCUT2D eigenvalue weighted by molar-refractivity contribution is 9.13. The number of halogens is 2. The fourth-order valence-electron chi connectivity index (χ4n) is 2.26. The van der Waals surface area contributed by atoms with E-state index < -0.39 is 0 Å². The van der Waals surface area contributed by atoms with E-state index in [1.807, 2.05) is 0 Å². The molecule has 0 aliphatic heterocycles. The Kier molecular flexibility index (Phi) is 4.24. The Bertz CT molecular complexity index is 315. The third kappa shape index (κ3) is 2.64. The van der Waals surface area contributed by atoms with Crippen molar-refractivity contribution in [3.63, 3.8) is 0 Å². The summed E-state index contributed by atoms with van der Waals surface area (Å²) in [5.74, 6) is 6.37. The molecular formula is C10H14Br2N2S. The molecule has 0 saturated heterocycles. The zero-order valence-corrected chi connectivity index (χ0v) is 12.3. The zero-order chi connectivity index (χ0) is 10.8. The topological polar surface area (TPSA) is 38.0 Å². The summed E-state index contributed by atoms with van der Waals surface area (Å²) >= 11 is 8.80. The van der Waals surface area contributed by atoms with Crippen LogP contribution in [0.3, 0.4) is 0 Å². The van der Waals surface area contributed by atoms with Gasteiger partial charge in [0, 0.05) is 9.35 Å². The molecule has 0 amide bonds. The minimum atomic E-state index is 0.320. The van der Waals surface area contributed by atoms with Gasteiger partial charge in [0.2, 0.25) is 0 Å². The van der Waals surface area contributed by atoms with Crippen LogP contribution in [0.2, 0.25) is 0 Å². The van der Waals surface area contributed by atoms with Crippen LogP contribution in [-0.2, 0) is 0 Å². The fraction of sp³-hybridized carbons (Fsp3) is 0.600. The van der Waals surface area contributed by atoms with E-state index in [2.05, 4.69) is 43.4 Å². The molecule has 0 radical (unpaired) electrons. The van der Waals surface area contributed by atoms with E-state index >= 15 is 0 Å². The first kappa shape index (κ1) is 12.0. The van der Waals surface area contributed by atoms with Crippen molar-refractivity contribution in [3.8, 4) is 0 Å². The van der Waals surface area contributed by atoms with Crippen LogP contribution in [0.5, 0.6) is 0 Å². The molecule has 15 heavy (non-hydrogen) atoms. The number of hydrogen-bond acceptors (Lipinski definition) is 3. The first-order valence-corrected chi connectivity index (χ1v) is 7.53. The molecule has 0 bridgehead atoms. The van der Waals surface area contributed by atoms with Crippen LogP contribution in [0.15, 0.2) is 14.3 Å². The van der Waals surface area contributed by atoms with Crippen molar-refractivity contribution in [1.29, 1.82) is 0 Å². The molecule has 1 saturated carbocycles. The number of hydrazine groups is 1. The number of nitrogens with one attached hydrogen (secondary N) is 1. The lowest BCUT2D eigenvalue weighted by molar-refractivity contribution is 0.378. The van der Waals surface area contributed by atoms with Gasteiger partial charge in [0.1, 0.15) is 0 Å². The summed E-state index contributed by atoms with van der Waals surface area (Å²) in [5.41, 5.74) is 2.97. The average molecular weight is 354 g/mol. The van der Waals surface area contributed by atoms with Crippen molar-refractivity contribution in [1.82, 2.24) is 5.43 Å². The molecule has 2 nitrogen and oxygen atoms in total.